The van der Waals surface area contributed by atoms with Gasteiger partial charge in [0.1, 0.15) is 18.0 Å². The lowest BCUT2D eigenvalue weighted by atomic mass is 10.2. The fourth-order valence-electron chi connectivity index (χ4n) is 2.06. The molecule has 2 rings (SSSR count). The van der Waals surface area contributed by atoms with Crippen molar-refractivity contribution in [3.63, 3.8) is 0 Å². The van der Waals surface area contributed by atoms with Crippen LogP contribution in [0.5, 0.6) is 0 Å². The van der Waals surface area contributed by atoms with Crippen LogP contribution in [0.1, 0.15) is 24.6 Å². The van der Waals surface area contributed by atoms with Crippen molar-refractivity contribution >= 4 is 11.6 Å². The zero-order valence-electron chi connectivity index (χ0n) is 12.3. The third-order valence-corrected chi connectivity index (χ3v) is 3.09. The van der Waals surface area contributed by atoms with Crippen LogP contribution in [0, 0.1) is 6.92 Å². The molecule has 5 nitrogen and oxygen atoms in total. The summed E-state index contributed by atoms with van der Waals surface area (Å²) in [6.45, 7) is 5.83. The normalized spacial score (nSPS) is 10.3. The number of hydrogen-bond acceptors (Lipinski definition) is 5. The lowest BCUT2D eigenvalue weighted by Crippen LogP contribution is -2.20. The van der Waals surface area contributed by atoms with Crippen LogP contribution in [0.25, 0.3) is 0 Å². The molecule has 20 heavy (non-hydrogen) atoms. The number of aromatic nitrogens is 3. The molecule has 0 aliphatic heterocycles. The Balaban J connectivity index is 2.15. The van der Waals surface area contributed by atoms with Gasteiger partial charge in [-0.15, -0.1) is 0 Å². The number of pyridine rings is 1. The van der Waals surface area contributed by atoms with Gasteiger partial charge >= 0.3 is 0 Å². The maximum Gasteiger partial charge on any atom is 0.137 e. The van der Waals surface area contributed by atoms with Crippen LogP contribution in [-0.2, 0) is 6.54 Å². The third-order valence-electron chi connectivity index (χ3n) is 3.09. The molecular formula is C15H21N5. The van der Waals surface area contributed by atoms with E-state index in [-0.39, 0.29) is 0 Å². The van der Waals surface area contributed by atoms with Crippen molar-refractivity contribution in [1.29, 1.82) is 0 Å². The summed E-state index contributed by atoms with van der Waals surface area (Å²) in [5, 5.41) is 3.33. The van der Waals surface area contributed by atoms with Crippen molar-refractivity contribution in [2.45, 2.75) is 26.8 Å². The molecule has 0 aromatic carbocycles. The van der Waals surface area contributed by atoms with Gasteiger partial charge in [0.25, 0.3) is 0 Å². The predicted octanol–water partition coefficient (Wildman–Crippen LogP) is 2.64. The molecule has 0 amide bonds. The van der Waals surface area contributed by atoms with Gasteiger partial charge in [0, 0.05) is 25.4 Å². The monoisotopic (exact) mass is 271 g/mol. The van der Waals surface area contributed by atoms with Crippen LogP contribution in [0.2, 0.25) is 0 Å². The zero-order valence-corrected chi connectivity index (χ0v) is 12.3. The maximum atomic E-state index is 4.39. The first-order valence-corrected chi connectivity index (χ1v) is 6.89. The van der Waals surface area contributed by atoms with E-state index in [1.807, 2.05) is 38.4 Å². The second-order valence-electron chi connectivity index (χ2n) is 4.77. The lowest BCUT2D eigenvalue weighted by Gasteiger charge is -2.21. The Bertz CT molecular complexity index is 541. The quantitative estimate of drug-likeness (QED) is 0.875. The molecule has 2 aromatic heterocycles. The SMILES string of the molecule is CCCNc1ncnc(N(C)Cc2ccccn2)c1C. The van der Waals surface area contributed by atoms with Crippen LogP contribution in [0.4, 0.5) is 11.6 Å². The zero-order chi connectivity index (χ0) is 14.4. The molecule has 0 radical (unpaired) electrons. The minimum atomic E-state index is 0.728. The second-order valence-corrected chi connectivity index (χ2v) is 4.77. The van der Waals surface area contributed by atoms with Gasteiger partial charge < -0.3 is 10.2 Å². The average molecular weight is 271 g/mol. The molecule has 0 saturated heterocycles. The molecule has 106 valence electrons. The highest BCUT2D eigenvalue weighted by Gasteiger charge is 2.11. The molecule has 0 aliphatic rings. The predicted molar refractivity (Wildman–Crippen MR) is 81.9 cm³/mol. The molecule has 0 atom stereocenters. The standard InChI is InChI=1S/C15H21N5/c1-4-8-17-14-12(2)15(19-11-18-14)20(3)10-13-7-5-6-9-16-13/h5-7,9,11H,4,8,10H2,1-3H3,(H,17,18,19). The van der Waals surface area contributed by atoms with Gasteiger partial charge in [-0.25, -0.2) is 9.97 Å². The van der Waals surface area contributed by atoms with Gasteiger partial charge in [-0.3, -0.25) is 4.98 Å². The van der Waals surface area contributed by atoms with Crippen LogP contribution >= 0.6 is 0 Å². The van der Waals surface area contributed by atoms with Crippen LogP contribution in [0.15, 0.2) is 30.7 Å². The van der Waals surface area contributed by atoms with E-state index in [1.54, 1.807) is 6.33 Å². The topological polar surface area (TPSA) is 53.9 Å². The minimum Gasteiger partial charge on any atom is -0.370 e. The van der Waals surface area contributed by atoms with E-state index in [1.165, 1.54) is 0 Å². The van der Waals surface area contributed by atoms with E-state index in [4.69, 9.17) is 0 Å². The molecule has 0 bridgehead atoms. The van der Waals surface area contributed by atoms with Gasteiger partial charge in [-0.2, -0.15) is 0 Å². The summed E-state index contributed by atoms with van der Waals surface area (Å²) in [5.41, 5.74) is 2.09. The summed E-state index contributed by atoms with van der Waals surface area (Å²) in [4.78, 5) is 15.1. The fraction of sp³-hybridized carbons (Fsp3) is 0.400. The molecule has 0 fully saturated rings. The Morgan fingerprint density at radius 1 is 1.20 bits per heavy atom. The van der Waals surface area contributed by atoms with E-state index in [0.29, 0.717) is 0 Å². The van der Waals surface area contributed by atoms with Crippen molar-refractivity contribution < 1.29 is 0 Å². The number of hydrogen-bond donors (Lipinski definition) is 1. The minimum absolute atomic E-state index is 0.728. The Kier molecular flexibility index (Phi) is 4.87. The largest absolute Gasteiger partial charge is 0.370 e. The third kappa shape index (κ3) is 3.44. The number of nitrogens with one attached hydrogen (secondary N) is 1. The van der Waals surface area contributed by atoms with Gasteiger partial charge in [0.2, 0.25) is 0 Å². The van der Waals surface area contributed by atoms with Crippen molar-refractivity contribution in [1.82, 2.24) is 15.0 Å². The Morgan fingerprint density at radius 2 is 2.05 bits per heavy atom. The molecule has 2 aromatic rings. The van der Waals surface area contributed by atoms with Gasteiger partial charge in [0.15, 0.2) is 0 Å². The van der Waals surface area contributed by atoms with Crippen LogP contribution in [-0.4, -0.2) is 28.5 Å². The highest BCUT2D eigenvalue weighted by Crippen LogP contribution is 2.22. The summed E-state index contributed by atoms with van der Waals surface area (Å²) >= 11 is 0. The summed E-state index contributed by atoms with van der Waals surface area (Å²) in [7, 11) is 2.02. The van der Waals surface area contributed by atoms with Crippen molar-refractivity contribution in [3.05, 3.63) is 42.0 Å². The summed E-state index contributed by atoms with van der Waals surface area (Å²) in [5.74, 6) is 1.84. The van der Waals surface area contributed by atoms with E-state index < -0.39 is 0 Å². The Hall–Kier alpha value is -2.17. The van der Waals surface area contributed by atoms with Gasteiger partial charge in [-0.1, -0.05) is 13.0 Å². The molecule has 0 spiro atoms. The Morgan fingerprint density at radius 3 is 2.75 bits per heavy atom. The maximum absolute atomic E-state index is 4.39. The molecule has 0 aliphatic carbocycles. The first-order chi connectivity index (χ1) is 9.72. The van der Waals surface area contributed by atoms with E-state index in [0.717, 1.165) is 42.4 Å². The van der Waals surface area contributed by atoms with Crippen LogP contribution < -0.4 is 10.2 Å². The summed E-state index contributed by atoms with van der Waals surface area (Å²) in [6, 6.07) is 5.94. The number of nitrogens with zero attached hydrogens (tertiary/aromatic N) is 4. The summed E-state index contributed by atoms with van der Waals surface area (Å²) in [6.07, 6.45) is 4.49. The lowest BCUT2D eigenvalue weighted by molar-refractivity contribution is 0.852. The van der Waals surface area contributed by atoms with Crippen molar-refractivity contribution in [3.8, 4) is 0 Å². The molecule has 0 saturated carbocycles. The van der Waals surface area contributed by atoms with Crippen molar-refractivity contribution in [2.24, 2.45) is 0 Å². The highest BCUT2D eigenvalue weighted by molar-refractivity contribution is 5.57. The van der Waals surface area contributed by atoms with Gasteiger partial charge in [0.05, 0.1) is 12.2 Å². The highest BCUT2D eigenvalue weighted by atomic mass is 15.2. The fourth-order valence-corrected chi connectivity index (χ4v) is 2.06. The number of anilines is 2. The molecule has 2 heterocycles. The Labute approximate surface area is 120 Å². The number of rotatable bonds is 6. The molecule has 5 heteroatoms. The molecule has 0 unspecified atom stereocenters. The smallest absolute Gasteiger partial charge is 0.137 e. The first kappa shape index (κ1) is 14.2. The summed E-state index contributed by atoms with van der Waals surface area (Å²) < 4.78 is 0. The average Bonchev–Trinajstić information content (AvgIpc) is 2.47. The molecular weight excluding hydrogens is 250 g/mol. The first-order valence-electron chi connectivity index (χ1n) is 6.89. The van der Waals surface area contributed by atoms with Crippen LogP contribution in [0.3, 0.4) is 0 Å². The van der Waals surface area contributed by atoms with Gasteiger partial charge in [-0.05, 0) is 25.5 Å². The van der Waals surface area contributed by atoms with Crippen molar-refractivity contribution in [2.75, 3.05) is 23.8 Å². The van der Waals surface area contributed by atoms with E-state index in [9.17, 15) is 0 Å². The van der Waals surface area contributed by atoms with E-state index >= 15 is 0 Å². The van der Waals surface area contributed by atoms with E-state index in [2.05, 4.69) is 32.1 Å². The second kappa shape index (κ2) is 6.84. The molecule has 1 N–H and O–H groups in total.